The van der Waals surface area contributed by atoms with E-state index in [0.29, 0.717) is 67.9 Å². The van der Waals surface area contributed by atoms with Gasteiger partial charge >= 0.3 is 0 Å². The molecule has 166 valence electrons. The van der Waals surface area contributed by atoms with Gasteiger partial charge in [-0.1, -0.05) is 6.07 Å². The molecule has 0 radical (unpaired) electrons. The fourth-order valence-electron chi connectivity index (χ4n) is 4.33. The van der Waals surface area contributed by atoms with Gasteiger partial charge in [0, 0.05) is 57.9 Å². The van der Waals surface area contributed by atoms with Crippen molar-refractivity contribution < 1.29 is 19.4 Å². The topological polar surface area (TPSA) is 88.9 Å². The predicted octanol–water partition coefficient (Wildman–Crippen LogP) is 2.30. The molecule has 0 bridgehead atoms. The van der Waals surface area contributed by atoms with Crippen LogP contribution >= 0.6 is 0 Å². The number of aromatic nitrogens is 1. The van der Waals surface area contributed by atoms with Gasteiger partial charge < -0.3 is 25.3 Å². The smallest absolute Gasteiger partial charge is 0.236 e. The number of hydrogen-bond donors (Lipinski definition) is 3. The molecule has 1 unspecified atom stereocenters. The Morgan fingerprint density at radius 1 is 1.26 bits per heavy atom. The first-order valence-corrected chi connectivity index (χ1v) is 10.6. The number of rotatable bonds is 5. The number of nitrogens with one attached hydrogen (secondary N) is 1. The maximum absolute atomic E-state index is 14.3. The molecule has 3 N–H and O–H groups in total. The van der Waals surface area contributed by atoms with Crippen LogP contribution in [0.3, 0.4) is 0 Å². The van der Waals surface area contributed by atoms with Gasteiger partial charge in [-0.2, -0.15) is 4.39 Å². The molecule has 8 heteroatoms. The van der Waals surface area contributed by atoms with Crippen LogP contribution in [-0.2, 0) is 5.60 Å². The summed E-state index contributed by atoms with van der Waals surface area (Å²) in [7, 11) is 3.49. The Labute approximate surface area is 181 Å². The van der Waals surface area contributed by atoms with Crippen molar-refractivity contribution in [3.05, 3.63) is 53.1 Å². The van der Waals surface area contributed by atoms with Gasteiger partial charge in [0.05, 0.1) is 17.5 Å². The van der Waals surface area contributed by atoms with Crippen LogP contribution < -0.4 is 10.2 Å². The molecule has 1 aromatic heterocycles. The van der Waals surface area contributed by atoms with E-state index in [1.807, 2.05) is 12.1 Å². The number of carbonyl (C=O) groups is 1. The lowest BCUT2D eigenvalue weighted by Gasteiger charge is -2.38. The van der Waals surface area contributed by atoms with Crippen molar-refractivity contribution in [3.63, 3.8) is 0 Å². The molecule has 1 atom stereocenters. The third kappa shape index (κ3) is 4.42. The molecular formula is C23H29FN4O3. The van der Waals surface area contributed by atoms with Crippen molar-refractivity contribution >= 4 is 17.2 Å². The SMILES string of the molecule is CN(C)c1ccc(C2(O)CCN(CC(O)c3ccc4c(c3)C(=O)CCN4)CC2)nc1F. The molecule has 2 aromatic rings. The average molecular weight is 429 g/mol. The molecule has 1 aromatic carbocycles. The number of halogens is 1. The highest BCUT2D eigenvalue weighted by molar-refractivity contribution is 6.03. The number of β-amino-alcohol motifs (C(OH)–C–C–N with tert-alkyl or cyclic N) is 1. The largest absolute Gasteiger partial charge is 0.387 e. The summed E-state index contributed by atoms with van der Waals surface area (Å²) in [6.07, 6.45) is 0.530. The summed E-state index contributed by atoms with van der Waals surface area (Å²) < 4.78 is 14.3. The van der Waals surface area contributed by atoms with E-state index in [0.717, 1.165) is 5.69 Å². The highest BCUT2D eigenvalue weighted by atomic mass is 19.1. The quantitative estimate of drug-likeness (QED) is 0.630. The Balaban J connectivity index is 1.39. The summed E-state index contributed by atoms with van der Waals surface area (Å²) in [5, 5.41) is 25.0. The maximum Gasteiger partial charge on any atom is 0.236 e. The van der Waals surface area contributed by atoms with Gasteiger partial charge in [-0.25, -0.2) is 4.98 Å². The molecule has 4 rings (SSSR count). The molecule has 2 aliphatic rings. The molecular weight excluding hydrogens is 399 g/mol. The van der Waals surface area contributed by atoms with Crippen LogP contribution in [0.25, 0.3) is 0 Å². The molecule has 2 aliphatic heterocycles. The van der Waals surface area contributed by atoms with E-state index in [4.69, 9.17) is 0 Å². The monoisotopic (exact) mass is 428 g/mol. The van der Waals surface area contributed by atoms with Crippen molar-refractivity contribution in [1.82, 2.24) is 9.88 Å². The van der Waals surface area contributed by atoms with Gasteiger partial charge in [0.15, 0.2) is 5.78 Å². The second kappa shape index (κ2) is 8.53. The van der Waals surface area contributed by atoms with Gasteiger partial charge in [0.1, 0.15) is 5.60 Å². The van der Waals surface area contributed by atoms with Crippen LogP contribution in [0.2, 0.25) is 0 Å². The second-order valence-electron chi connectivity index (χ2n) is 8.65. The number of anilines is 2. The number of Topliss-reactive ketones (excluding diaryl/α,β-unsaturated/α-hetero) is 1. The predicted molar refractivity (Wildman–Crippen MR) is 117 cm³/mol. The summed E-state index contributed by atoms with van der Waals surface area (Å²) >= 11 is 0. The van der Waals surface area contributed by atoms with Crippen LogP contribution in [0, 0.1) is 5.95 Å². The molecule has 0 aliphatic carbocycles. The molecule has 3 heterocycles. The van der Waals surface area contributed by atoms with Crippen molar-refractivity contribution in [2.75, 3.05) is 50.5 Å². The van der Waals surface area contributed by atoms with Crippen molar-refractivity contribution in [2.24, 2.45) is 0 Å². The molecule has 0 spiro atoms. The molecule has 0 saturated carbocycles. The number of likely N-dealkylation sites (tertiary alicyclic amines) is 1. The average Bonchev–Trinajstić information content (AvgIpc) is 2.75. The van der Waals surface area contributed by atoms with Crippen molar-refractivity contribution in [3.8, 4) is 0 Å². The van der Waals surface area contributed by atoms with Crippen molar-refractivity contribution in [1.29, 1.82) is 0 Å². The Morgan fingerprint density at radius 3 is 2.68 bits per heavy atom. The number of aliphatic hydroxyl groups excluding tert-OH is 1. The summed E-state index contributed by atoms with van der Waals surface area (Å²) in [6, 6.07) is 8.78. The third-order valence-corrected chi connectivity index (χ3v) is 6.30. The fourth-order valence-corrected chi connectivity index (χ4v) is 4.33. The number of benzene rings is 1. The lowest BCUT2D eigenvalue weighted by atomic mass is 9.87. The highest BCUT2D eigenvalue weighted by Gasteiger charge is 2.36. The lowest BCUT2D eigenvalue weighted by molar-refractivity contribution is -0.0379. The minimum absolute atomic E-state index is 0.0888. The molecule has 1 fully saturated rings. The van der Waals surface area contributed by atoms with Crippen LogP contribution in [0.15, 0.2) is 30.3 Å². The first kappa shape index (κ1) is 21.7. The van der Waals surface area contributed by atoms with E-state index in [-0.39, 0.29) is 5.78 Å². The van der Waals surface area contributed by atoms with Gasteiger partial charge in [-0.3, -0.25) is 4.79 Å². The maximum atomic E-state index is 14.3. The van der Waals surface area contributed by atoms with Gasteiger partial charge in [-0.15, -0.1) is 0 Å². The Morgan fingerprint density at radius 2 is 2.00 bits per heavy atom. The summed E-state index contributed by atoms with van der Waals surface area (Å²) in [5.74, 6) is -0.504. The molecule has 7 nitrogen and oxygen atoms in total. The number of carbonyl (C=O) groups excluding carboxylic acids is 1. The van der Waals surface area contributed by atoms with E-state index in [9.17, 15) is 19.4 Å². The fraction of sp³-hybridized carbons (Fsp3) is 0.478. The lowest BCUT2D eigenvalue weighted by Crippen LogP contribution is -2.44. The number of ketones is 1. The van der Waals surface area contributed by atoms with Crippen molar-refractivity contribution in [2.45, 2.75) is 31.0 Å². The number of hydrogen-bond acceptors (Lipinski definition) is 7. The van der Waals surface area contributed by atoms with E-state index >= 15 is 0 Å². The second-order valence-corrected chi connectivity index (χ2v) is 8.65. The summed E-state index contributed by atoms with van der Waals surface area (Å²) in [5.41, 5.74) is 1.69. The van der Waals surface area contributed by atoms with E-state index in [2.05, 4.69) is 15.2 Å². The zero-order valence-electron chi connectivity index (χ0n) is 17.9. The van der Waals surface area contributed by atoms with Crippen LogP contribution in [-0.4, -0.2) is 66.2 Å². The summed E-state index contributed by atoms with van der Waals surface area (Å²) in [4.78, 5) is 19.9. The first-order valence-electron chi connectivity index (χ1n) is 10.6. The number of fused-ring (bicyclic) bond motifs is 1. The standard InChI is InChI=1S/C23H29FN4O3/c1-27(2)18-5-6-21(26-22(18)24)23(31)8-11-28(12-9-23)14-20(30)15-3-4-17-16(13-15)19(29)7-10-25-17/h3-6,13,20,25,30-31H,7-12,14H2,1-2H3. The summed E-state index contributed by atoms with van der Waals surface area (Å²) in [6.45, 7) is 2.15. The minimum atomic E-state index is -1.18. The van der Waals surface area contributed by atoms with Gasteiger partial charge in [-0.05, 0) is 42.7 Å². The minimum Gasteiger partial charge on any atom is -0.387 e. The number of piperidine rings is 1. The number of nitrogens with zero attached hydrogens (tertiary/aromatic N) is 3. The number of pyridine rings is 1. The van der Waals surface area contributed by atoms with Crippen LogP contribution in [0.1, 0.15) is 47.0 Å². The first-order chi connectivity index (χ1) is 14.8. The zero-order chi connectivity index (χ0) is 22.2. The van der Waals surface area contributed by atoms with E-state index in [1.54, 1.807) is 37.2 Å². The van der Waals surface area contributed by atoms with Crippen LogP contribution in [0.5, 0.6) is 0 Å². The highest BCUT2D eigenvalue weighted by Crippen LogP contribution is 2.34. The normalized spacial score (nSPS) is 19.5. The van der Waals surface area contributed by atoms with E-state index < -0.39 is 17.7 Å². The Kier molecular flexibility index (Phi) is 5.96. The molecule has 0 amide bonds. The van der Waals surface area contributed by atoms with Crippen LogP contribution in [0.4, 0.5) is 15.8 Å². The van der Waals surface area contributed by atoms with E-state index in [1.165, 1.54) is 0 Å². The molecule has 31 heavy (non-hydrogen) atoms. The van der Waals surface area contributed by atoms with Gasteiger partial charge in [0.2, 0.25) is 5.95 Å². The van der Waals surface area contributed by atoms with Gasteiger partial charge in [0.25, 0.3) is 0 Å². The Hall–Kier alpha value is -2.55. The molecule has 1 saturated heterocycles. The third-order valence-electron chi connectivity index (χ3n) is 6.30. The zero-order valence-corrected chi connectivity index (χ0v) is 17.9. The Bertz CT molecular complexity index is 973. The number of aliphatic hydroxyl groups is 2.